The van der Waals surface area contributed by atoms with Crippen molar-refractivity contribution in [2.24, 2.45) is 23.7 Å². The molecule has 4 rings (SSSR count). The molecule has 1 aliphatic heterocycles. The standard InChI is InChI=1S/C18H17ClN2O3/c1-9-12(19)3-2-4-13(9)20-14(22)8-21-17(23)15-10-5-6-11(7-10)16(15)18(21)24/h2-6,10-11,15-16H,7-8H2,1H3,(H,20,22). The lowest BCUT2D eigenvalue weighted by atomic mass is 9.85. The zero-order chi connectivity index (χ0) is 17.0. The van der Waals surface area contributed by atoms with Gasteiger partial charge in [0.05, 0.1) is 11.8 Å². The average Bonchev–Trinajstić information content (AvgIpc) is 3.22. The maximum Gasteiger partial charge on any atom is 0.244 e. The van der Waals surface area contributed by atoms with E-state index in [4.69, 9.17) is 11.6 Å². The number of carbonyl (C=O) groups excluding carboxylic acids is 3. The highest BCUT2D eigenvalue weighted by atomic mass is 35.5. The van der Waals surface area contributed by atoms with Gasteiger partial charge in [-0.1, -0.05) is 29.8 Å². The summed E-state index contributed by atoms with van der Waals surface area (Å²) >= 11 is 6.04. The van der Waals surface area contributed by atoms with Crippen LogP contribution in [0.2, 0.25) is 5.02 Å². The molecule has 2 bridgehead atoms. The fourth-order valence-corrected chi connectivity index (χ4v) is 4.37. The Labute approximate surface area is 144 Å². The number of halogens is 1. The van der Waals surface area contributed by atoms with Gasteiger partial charge in [-0.05, 0) is 42.9 Å². The number of likely N-dealkylation sites (tertiary alicyclic amines) is 1. The number of nitrogens with zero attached hydrogens (tertiary/aromatic N) is 1. The number of hydrogen-bond donors (Lipinski definition) is 1. The van der Waals surface area contributed by atoms with Crippen LogP contribution in [0.25, 0.3) is 0 Å². The van der Waals surface area contributed by atoms with Crippen molar-refractivity contribution in [3.05, 3.63) is 40.9 Å². The molecule has 1 aromatic carbocycles. The van der Waals surface area contributed by atoms with E-state index in [1.807, 2.05) is 12.2 Å². The summed E-state index contributed by atoms with van der Waals surface area (Å²) in [4.78, 5) is 38.6. The number of amides is 3. The average molecular weight is 345 g/mol. The van der Waals surface area contributed by atoms with Crippen molar-refractivity contribution in [3.8, 4) is 0 Å². The molecule has 0 aromatic heterocycles. The van der Waals surface area contributed by atoms with Gasteiger partial charge in [0.25, 0.3) is 0 Å². The Kier molecular flexibility index (Phi) is 3.49. The third kappa shape index (κ3) is 2.18. The van der Waals surface area contributed by atoms with Crippen LogP contribution >= 0.6 is 11.6 Å². The van der Waals surface area contributed by atoms with E-state index in [1.54, 1.807) is 25.1 Å². The van der Waals surface area contributed by atoms with Crippen molar-refractivity contribution in [3.63, 3.8) is 0 Å². The van der Waals surface area contributed by atoms with Gasteiger partial charge in [0.1, 0.15) is 6.54 Å². The Morgan fingerprint density at radius 2 is 1.83 bits per heavy atom. The predicted molar refractivity (Wildman–Crippen MR) is 89.3 cm³/mol. The minimum absolute atomic E-state index is 0.152. The van der Waals surface area contributed by atoms with Gasteiger partial charge in [-0.25, -0.2) is 0 Å². The van der Waals surface area contributed by atoms with E-state index in [-0.39, 0.29) is 47.9 Å². The lowest BCUT2D eigenvalue weighted by Gasteiger charge is -2.17. The first-order valence-electron chi connectivity index (χ1n) is 8.06. The topological polar surface area (TPSA) is 66.5 Å². The van der Waals surface area contributed by atoms with Crippen molar-refractivity contribution in [1.82, 2.24) is 4.90 Å². The smallest absolute Gasteiger partial charge is 0.244 e. The van der Waals surface area contributed by atoms with Crippen LogP contribution in [-0.2, 0) is 14.4 Å². The molecule has 1 heterocycles. The maximum atomic E-state index is 12.6. The molecule has 124 valence electrons. The van der Waals surface area contributed by atoms with E-state index in [0.717, 1.165) is 16.9 Å². The third-order valence-electron chi connectivity index (χ3n) is 5.41. The SMILES string of the molecule is Cc1c(Cl)cccc1NC(=O)CN1C(=O)C2C3C=CC(C3)C2C1=O. The van der Waals surface area contributed by atoms with E-state index in [9.17, 15) is 14.4 Å². The van der Waals surface area contributed by atoms with Gasteiger partial charge in [-0.3, -0.25) is 19.3 Å². The quantitative estimate of drug-likeness (QED) is 0.676. The second-order valence-electron chi connectivity index (χ2n) is 6.72. The molecule has 1 N–H and O–H groups in total. The largest absolute Gasteiger partial charge is 0.324 e. The Bertz CT molecular complexity index is 758. The number of imide groups is 1. The van der Waals surface area contributed by atoms with Gasteiger partial charge in [0.15, 0.2) is 0 Å². The van der Waals surface area contributed by atoms with Gasteiger partial charge >= 0.3 is 0 Å². The Morgan fingerprint density at radius 3 is 2.46 bits per heavy atom. The van der Waals surface area contributed by atoms with Crippen LogP contribution in [0.15, 0.2) is 30.4 Å². The molecule has 24 heavy (non-hydrogen) atoms. The maximum absolute atomic E-state index is 12.6. The minimum Gasteiger partial charge on any atom is -0.324 e. The number of rotatable bonds is 3. The van der Waals surface area contributed by atoms with Crippen LogP contribution < -0.4 is 5.32 Å². The number of benzene rings is 1. The summed E-state index contributed by atoms with van der Waals surface area (Å²) in [5, 5.41) is 3.29. The summed E-state index contributed by atoms with van der Waals surface area (Å²) in [6, 6.07) is 5.22. The number of fused-ring (bicyclic) bond motifs is 5. The summed E-state index contributed by atoms with van der Waals surface area (Å²) in [6.45, 7) is 1.56. The van der Waals surface area contributed by atoms with Gasteiger partial charge in [0.2, 0.25) is 17.7 Å². The molecule has 3 amide bonds. The van der Waals surface area contributed by atoms with E-state index in [2.05, 4.69) is 5.32 Å². The molecule has 0 spiro atoms. The van der Waals surface area contributed by atoms with Crippen molar-refractivity contribution in [1.29, 1.82) is 0 Å². The fraction of sp³-hybridized carbons (Fsp3) is 0.389. The van der Waals surface area contributed by atoms with E-state index in [0.29, 0.717) is 10.7 Å². The van der Waals surface area contributed by atoms with Crippen molar-refractivity contribution < 1.29 is 14.4 Å². The molecule has 3 aliphatic rings. The second kappa shape index (κ2) is 5.45. The zero-order valence-corrected chi connectivity index (χ0v) is 13.9. The van der Waals surface area contributed by atoms with Crippen LogP contribution in [0.4, 0.5) is 5.69 Å². The summed E-state index contributed by atoms with van der Waals surface area (Å²) in [7, 11) is 0. The molecule has 1 saturated heterocycles. The van der Waals surface area contributed by atoms with Crippen molar-refractivity contribution in [2.45, 2.75) is 13.3 Å². The normalized spacial score (nSPS) is 30.2. The highest BCUT2D eigenvalue weighted by molar-refractivity contribution is 6.31. The number of carbonyl (C=O) groups is 3. The first kappa shape index (κ1) is 15.4. The van der Waals surface area contributed by atoms with E-state index < -0.39 is 0 Å². The number of anilines is 1. The molecule has 1 aromatic rings. The lowest BCUT2D eigenvalue weighted by molar-refractivity contribution is -0.143. The molecule has 2 fully saturated rings. The second-order valence-corrected chi connectivity index (χ2v) is 7.13. The Balaban J connectivity index is 1.48. The van der Waals surface area contributed by atoms with Gasteiger partial charge < -0.3 is 5.32 Å². The molecule has 4 atom stereocenters. The van der Waals surface area contributed by atoms with Gasteiger partial charge in [0, 0.05) is 10.7 Å². The van der Waals surface area contributed by atoms with Gasteiger partial charge in [-0.15, -0.1) is 0 Å². The number of nitrogens with one attached hydrogen (secondary N) is 1. The van der Waals surface area contributed by atoms with Crippen LogP contribution in [-0.4, -0.2) is 29.2 Å². The molecular formula is C18H17ClN2O3. The zero-order valence-electron chi connectivity index (χ0n) is 13.2. The van der Waals surface area contributed by atoms with Crippen LogP contribution in [0.5, 0.6) is 0 Å². The van der Waals surface area contributed by atoms with Crippen LogP contribution in [0.3, 0.4) is 0 Å². The summed E-state index contributed by atoms with van der Waals surface area (Å²) in [5.41, 5.74) is 1.35. The van der Waals surface area contributed by atoms with Crippen molar-refractivity contribution >= 4 is 35.0 Å². The Morgan fingerprint density at radius 1 is 1.21 bits per heavy atom. The number of hydrogen-bond acceptors (Lipinski definition) is 3. The molecule has 5 nitrogen and oxygen atoms in total. The fourth-order valence-electron chi connectivity index (χ4n) is 4.20. The Hall–Kier alpha value is -2.14. The minimum atomic E-state index is -0.387. The molecular weight excluding hydrogens is 328 g/mol. The van der Waals surface area contributed by atoms with Crippen molar-refractivity contribution in [2.75, 3.05) is 11.9 Å². The van der Waals surface area contributed by atoms with Crippen LogP contribution in [0, 0.1) is 30.6 Å². The summed E-state index contributed by atoms with van der Waals surface area (Å²) in [5.74, 6) is -1.04. The van der Waals surface area contributed by atoms with E-state index >= 15 is 0 Å². The highest BCUT2D eigenvalue weighted by Crippen LogP contribution is 2.52. The molecule has 0 radical (unpaired) electrons. The highest BCUT2D eigenvalue weighted by Gasteiger charge is 2.59. The lowest BCUT2D eigenvalue weighted by Crippen LogP contribution is -2.39. The van der Waals surface area contributed by atoms with Gasteiger partial charge in [-0.2, -0.15) is 0 Å². The summed E-state index contributed by atoms with van der Waals surface area (Å²) < 4.78 is 0. The molecule has 6 heteroatoms. The van der Waals surface area contributed by atoms with Crippen LogP contribution in [0.1, 0.15) is 12.0 Å². The first-order chi connectivity index (χ1) is 11.5. The third-order valence-corrected chi connectivity index (χ3v) is 5.81. The molecule has 1 saturated carbocycles. The van der Waals surface area contributed by atoms with E-state index in [1.165, 1.54) is 0 Å². The molecule has 4 unspecified atom stereocenters. The summed E-state index contributed by atoms with van der Waals surface area (Å²) in [6.07, 6.45) is 4.96. The first-order valence-corrected chi connectivity index (χ1v) is 8.43. The number of allylic oxidation sites excluding steroid dienone is 2. The predicted octanol–water partition coefficient (Wildman–Crippen LogP) is 2.39. The molecule has 2 aliphatic carbocycles. The monoisotopic (exact) mass is 344 g/mol.